The van der Waals surface area contributed by atoms with Crippen molar-refractivity contribution in [2.45, 2.75) is 83.1 Å². The first-order valence-electron chi connectivity index (χ1n) is 10.3. The Bertz CT molecular complexity index is 565. The third-order valence-corrected chi connectivity index (χ3v) is 22.8. The van der Waals surface area contributed by atoms with Crippen LogP contribution in [0.15, 0.2) is 30.3 Å². The van der Waals surface area contributed by atoms with Crippen LogP contribution >= 0.6 is 0 Å². The molecule has 1 aromatic carbocycles. The molecule has 3 nitrogen and oxygen atoms in total. The van der Waals surface area contributed by atoms with Crippen molar-refractivity contribution in [3.8, 4) is 0 Å². The summed E-state index contributed by atoms with van der Waals surface area (Å²) in [5, 5.41) is 0. The van der Waals surface area contributed by atoms with Gasteiger partial charge >= 0.3 is 166 Å². The van der Waals surface area contributed by atoms with E-state index in [1.807, 2.05) is 18.2 Å². The molecule has 26 heavy (non-hydrogen) atoms. The first kappa shape index (κ1) is 24.0. The molecule has 0 amide bonds. The molecule has 1 rings (SSSR count). The van der Waals surface area contributed by atoms with Crippen LogP contribution < -0.4 is 0 Å². The van der Waals surface area contributed by atoms with Crippen molar-refractivity contribution in [3.05, 3.63) is 35.9 Å². The van der Waals surface area contributed by atoms with E-state index in [1.165, 1.54) is 63.7 Å². The van der Waals surface area contributed by atoms with Gasteiger partial charge in [-0.1, -0.05) is 0 Å². The fraction of sp³-hybridized carbons (Fsp3) is 0.714. The van der Waals surface area contributed by atoms with E-state index in [1.54, 1.807) is 0 Å². The fourth-order valence-electron chi connectivity index (χ4n) is 3.84. The van der Waals surface area contributed by atoms with Crippen LogP contribution in [0.3, 0.4) is 0 Å². The number of hydrogen-bond acceptors (Lipinski definition) is 3. The summed E-state index contributed by atoms with van der Waals surface area (Å²) >= 11 is -2.81. The van der Waals surface area contributed by atoms with E-state index in [-0.39, 0.29) is 4.12 Å². The Kier molecular flexibility index (Phi) is 11.4. The van der Waals surface area contributed by atoms with Crippen molar-refractivity contribution in [2.75, 3.05) is 6.26 Å². The van der Waals surface area contributed by atoms with Crippen molar-refractivity contribution >= 4 is 28.5 Å². The van der Waals surface area contributed by atoms with Gasteiger partial charge in [0.1, 0.15) is 0 Å². The van der Waals surface area contributed by atoms with Crippen molar-refractivity contribution in [1.82, 2.24) is 0 Å². The predicted molar refractivity (Wildman–Crippen MR) is 115 cm³/mol. The van der Waals surface area contributed by atoms with E-state index in [0.717, 1.165) is 6.42 Å². The van der Waals surface area contributed by atoms with Crippen LogP contribution in [0.25, 0.3) is 0 Å². The Morgan fingerprint density at radius 2 is 1.35 bits per heavy atom. The molecule has 1 atom stereocenters. The van der Waals surface area contributed by atoms with Crippen LogP contribution in [0, 0.1) is 0 Å². The summed E-state index contributed by atoms with van der Waals surface area (Å²) in [5.74, 6) is 0. The standard InChI is InChI=1S/C9H11O3S.3C4H9.Sn/c1-13(10,11)12-8-7-9-5-3-2-4-6-9;3*1-3-4-2;/h2-6,8H,7H2,1H3;3*1,3-4H2,2H3;. The molecule has 0 bridgehead atoms. The Labute approximate surface area is 165 Å². The molecule has 0 spiro atoms. The van der Waals surface area contributed by atoms with Gasteiger partial charge in [0.2, 0.25) is 0 Å². The molecule has 0 radical (unpaired) electrons. The van der Waals surface area contributed by atoms with Crippen molar-refractivity contribution in [1.29, 1.82) is 0 Å². The molecule has 0 aliphatic carbocycles. The molecule has 0 N–H and O–H groups in total. The second kappa shape index (κ2) is 12.4. The zero-order chi connectivity index (χ0) is 19.5. The summed E-state index contributed by atoms with van der Waals surface area (Å²) in [6.07, 6.45) is 9.13. The minimum absolute atomic E-state index is 0.0775. The van der Waals surface area contributed by atoms with Crippen LogP contribution in [0.5, 0.6) is 0 Å². The van der Waals surface area contributed by atoms with Gasteiger partial charge in [0.25, 0.3) is 0 Å². The molecular formula is C21H38O3SSn. The predicted octanol–water partition coefficient (Wildman–Crippen LogP) is 5.96. The molecule has 0 saturated carbocycles. The SMILES string of the molecule is CCC[CH2][Sn]([CH2]CCC)([CH2]CCC)[CH](Cc1ccccc1)OS(C)(=O)=O. The van der Waals surface area contributed by atoms with E-state index in [9.17, 15) is 8.42 Å². The summed E-state index contributed by atoms with van der Waals surface area (Å²) < 4.78 is 33.8. The summed E-state index contributed by atoms with van der Waals surface area (Å²) in [6, 6.07) is 10.3. The second-order valence-electron chi connectivity index (χ2n) is 7.65. The zero-order valence-corrected chi connectivity index (χ0v) is 20.8. The molecule has 0 heterocycles. The number of hydrogen-bond donors (Lipinski definition) is 0. The molecule has 0 aromatic heterocycles. The average molecular weight is 489 g/mol. The molecule has 0 fully saturated rings. The first-order valence-corrected chi connectivity index (χ1v) is 19.8. The third kappa shape index (κ3) is 8.74. The molecule has 5 heteroatoms. The minimum atomic E-state index is -3.45. The van der Waals surface area contributed by atoms with Crippen LogP contribution in [0.1, 0.15) is 64.9 Å². The quantitative estimate of drug-likeness (QED) is 0.239. The third-order valence-electron chi connectivity index (χ3n) is 5.32. The van der Waals surface area contributed by atoms with E-state index in [4.69, 9.17) is 4.18 Å². The Morgan fingerprint density at radius 3 is 1.73 bits per heavy atom. The fourth-order valence-corrected chi connectivity index (χ4v) is 23.6. The molecule has 1 unspecified atom stereocenters. The Morgan fingerprint density at radius 1 is 0.885 bits per heavy atom. The van der Waals surface area contributed by atoms with Gasteiger partial charge in [-0.25, -0.2) is 0 Å². The van der Waals surface area contributed by atoms with Gasteiger partial charge in [-0.15, -0.1) is 0 Å². The molecule has 0 aliphatic rings. The van der Waals surface area contributed by atoms with Gasteiger partial charge < -0.3 is 0 Å². The summed E-state index contributed by atoms with van der Waals surface area (Å²) in [4.78, 5) is 0. The molecule has 150 valence electrons. The Balaban J connectivity index is 3.24. The van der Waals surface area contributed by atoms with Crippen molar-refractivity contribution in [3.63, 3.8) is 0 Å². The summed E-state index contributed by atoms with van der Waals surface area (Å²) in [7, 11) is -3.45. The van der Waals surface area contributed by atoms with Gasteiger partial charge in [-0.3, -0.25) is 0 Å². The van der Waals surface area contributed by atoms with E-state index in [0.29, 0.717) is 0 Å². The van der Waals surface area contributed by atoms with Gasteiger partial charge in [0.15, 0.2) is 0 Å². The summed E-state index contributed by atoms with van der Waals surface area (Å²) in [5.41, 5.74) is 1.20. The summed E-state index contributed by atoms with van der Waals surface area (Å²) in [6.45, 7) is 6.71. The number of rotatable bonds is 14. The second-order valence-corrected chi connectivity index (χ2v) is 23.1. The van der Waals surface area contributed by atoms with E-state index >= 15 is 0 Å². The maximum atomic E-state index is 12.1. The van der Waals surface area contributed by atoms with Crippen LogP contribution in [-0.4, -0.2) is 37.2 Å². The van der Waals surface area contributed by atoms with E-state index < -0.39 is 28.5 Å². The van der Waals surface area contributed by atoms with Gasteiger partial charge in [0, 0.05) is 0 Å². The Hall–Kier alpha value is -0.0713. The monoisotopic (exact) mass is 490 g/mol. The molecule has 0 saturated heterocycles. The van der Waals surface area contributed by atoms with Gasteiger partial charge in [-0.05, 0) is 0 Å². The molecule has 1 aromatic rings. The van der Waals surface area contributed by atoms with Crippen LogP contribution in [0.2, 0.25) is 13.3 Å². The van der Waals surface area contributed by atoms with Crippen LogP contribution in [0.4, 0.5) is 0 Å². The topological polar surface area (TPSA) is 43.4 Å². The van der Waals surface area contributed by atoms with Crippen molar-refractivity contribution in [2.24, 2.45) is 0 Å². The normalized spacial score (nSPS) is 13.7. The number of unbranched alkanes of at least 4 members (excludes halogenated alkanes) is 3. The van der Waals surface area contributed by atoms with E-state index in [2.05, 4.69) is 32.9 Å². The first-order chi connectivity index (χ1) is 12.4. The number of benzene rings is 1. The molecule has 0 aliphatic heterocycles. The van der Waals surface area contributed by atoms with Gasteiger partial charge in [0.05, 0.1) is 0 Å². The molecular weight excluding hydrogens is 451 g/mol. The average Bonchev–Trinajstić information content (AvgIpc) is 2.61. The van der Waals surface area contributed by atoms with Crippen molar-refractivity contribution < 1.29 is 12.6 Å². The van der Waals surface area contributed by atoms with Crippen LogP contribution in [-0.2, 0) is 20.7 Å². The zero-order valence-electron chi connectivity index (χ0n) is 17.2. The maximum absolute atomic E-state index is 12.1. The van der Waals surface area contributed by atoms with Gasteiger partial charge in [-0.2, -0.15) is 0 Å².